The number of likely N-dealkylation sites (tertiary alicyclic amines) is 1. The summed E-state index contributed by atoms with van der Waals surface area (Å²) in [6.45, 7) is 5.02. The molecule has 6 nitrogen and oxygen atoms in total. The highest BCUT2D eigenvalue weighted by atomic mass is 16.1. The Morgan fingerprint density at radius 2 is 2.26 bits per heavy atom. The Balaban J connectivity index is 1.90. The number of carbonyl (C=O) groups is 1. The second-order valence-electron chi connectivity index (χ2n) is 4.87. The van der Waals surface area contributed by atoms with Gasteiger partial charge in [0.05, 0.1) is 11.3 Å². The number of nitrogens with two attached hydrogens (primary N) is 1. The van der Waals surface area contributed by atoms with Crippen LogP contribution < -0.4 is 16.6 Å². The SMILES string of the molecule is CC(CNC(=O)c1cnccc1NN)N1CCCC1. The number of amides is 1. The molecule has 1 saturated heterocycles. The van der Waals surface area contributed by atoms with Crippen LogP contribution in [0.1, 0.15) is 30.1 Å². The Hall–Kier alpha value is -1.66. The quantitative estimate of drug-likeness (QED) is 0.535. The van der Waals surface area contributed by atoms with Gasteiger partial charge in [0.1, 0.15) is 0 Å². The molecular weight excluding hydrogens is 242 g/mol. The monoisotopic (exact) mass is 263 g/mol. The zero-order valence-electron chi connectivity index (χ0n) is 11.2. The molecule has 1 unspecified atom stereocenters. The van der Waals surface area contributed by atoms with E-state index in [9.17, 15) is 4.79 Å². The minimum Gasteiger partial charge on any atom is -0.350 e. The normalized spacial score (nSPS) is 17.2. The van der Waals surface area contributed by atoms with Crippen LogP contribution in [-0.2, 0) is 0 Å². The van der Waals surface area contributed by atoms with Crippen molar-refractivity contribution in [3.05, 3.63) is 24.0 Å². The van der Waals surface area contributed by atoms with Gasteiger partial charge < -0.3 is 10.7 Å². The van der Waals surface area contributed by atoms with Crippen molar-refractivity contribution < 1.29 is 4.79 Å². The first kappa shape index (κ1) is 13.8. The summed E-state index contributed by atoms with van der Waals surface area (Å²) in [6.07, 6.45) is 5.62. The smallest absolute Gasteiger partial charge is 0.255 e. The zero-order valence-corrected chi connectivity index (χ0v) is 11.2. The lowest BCUT2D eigenvalue weighted by Gasteiger charge is -2.24. The molecule has 1 aliphatic rings. The van der Waals surface area contributed by atoms with Crippen LogP contribution in [0, 0.1) is 0 Å². The van der Waals surface area contributed by atoms with Gasteiger partial charge in [-0.2, -0.15) is 0 Å². The van der Waals surface area contributed by atoms with E-state index >= 15 is 0 Å². The molecule has 2 heterocycles. The molecule has 0 saturated carbocycles. The molecule has 0 bridgehead atoms. The van der Waals surface area contributed by atoms with Crippen LogP contribution in [-0.4, -0.2) is 41.5 Å². The third-order valence-corrected chi connectivity index (χ3v) is 3.54. The minimum atomic E-state index is -0.146. The number of nitrogens with zero attached hydrogens (tertiary/aromatic N) is 2. The predicted octanol–water partition coefficient (Wildman–Crippen LogP) is 0.581. The summed E-state index contributed by atoms with van der Waals surface area (Å²) < 4.78 is 0. The van der Waals surface area contributed by atoms with Gasteiger partial charge in [-0.25, -0.2) is 0 Å². The maximum absolute atomic E-state index is 12.1. The molecule has 1 aliphatic heterocycles. The Morgan fingerprint density at radius 1 is 1.53 bits per heavy atom. The van der Waals surface area contributed by atoms with E-state index in [4.69, 9.17) is 5.84 Å². The van der Waals surface area contributed by atoms with Gasteiger partial charge in [-0.3, -0.25) is 20.5 Å². The lowest BCUT2D eigenvalue weighted by atomic mass is 10.2. The molecular formula is C13H21N5O. The van der Waals surface area contributed by atoms with E-state index in [2.05, 4.69) is 27.6 Å². The molecule has 6 heteroatoms. The van der Waals surface area contributed by atoms with Crippen molar-refractivity contribution in [2.45, 2.75) is 25.8 Å². The molecule has 19 heavy (non-hydrogen) atoms. The van der Waals surface area contributed by atoms with Gasteiger partial charge in [0.15, 0.2) is 0 Å². The summed E-state index contributed by atoms with van der Waals surface area (Å²) in [7, 11) is 0. The van der Waals surface area contributed by atoms with Gasteiger partial charge in [0, 0.05) is 25.0 Å². The third-order valence-electron chi connectivity index (χ3n) is 3.54. The second-order valence-corrected chi connectivity index (χ2v) is 4.87. The zero-order chi connectivity index (χ0) is 13.7. The molecule has 104 valence electrons. The van der Waals surface area contributed by atoms with E-state index in [1.807, 2.05) is 0 Å². The van der Waals surface area contributed by atoms with Crippen LogP contribution in [0.2, 0.25) is 0 Å². The Morgan fingerprint density at radius 3 is 2.95 bits per heavy atom. The molecule has 1 aromatic heterocycles. The minimum absolute atomic E-state index is 0.146. The van der Waals surface area contributed by atoms with E-state index in [0.717, 1.165) is 13.1 Å². The third kappa shape index (κ3) is 3.42. The maximum Gasteiger partial charge on any atom is 0.255 e. The van der Waals surface area contributed by atoms with Crippen LogP contribution >= 0.6 is 0 Å². The Bertz CT molecular complexity index is 431. The van der Waals surface area contributed by atoms with Gasteiger partial charge >= 0.3 is 0 Å². The number of hydrogen-bond donors (Lipinski definition) is 3. The summed E-state index contributed by atoms with van der Waals surface area (Å²) in [5.74, 6) is 5.23. The molecule has 0 radical (unpaired) electrons. The summed E-state index contributed by atoms with van der Waals surface area (Å²) in [5.41, 5.74) is 3.56. The van der Waals surface area contributed by atoms with Crippen molar-refractivity contribution in [2.24, 2.45) is 5.84 Å². The summed E-state index contributed by atoms with van der Waals surface area (Å²) in [5, 5.41) is 2.93. The fraction of sp³-hybridized carbons (Fsp3) is 0.538. The average Bonchev–Trinajstić information content (AvgIpc) is 2.98. The highest BCUT2D eigenvalue weighted by Gasteiger charge is 2.19. The highest BCUT2D eigenvalue weighted by Crippen LogP contribution is 2.13. The number of rotatable bonds is 5. The number of carbonyl (C=O) groups excluding carboxylic acids is 1. The van der Waals surface area contributed by atoms with Crippen molar-refractivity contribution >= 4 is 11.6 Å². The van der Waals surface area contributed by atoms with Crippen molar-refractivity contribution in [1.82, 2.24) is 15.2 Å². The average molecular weight is 263 g/mol. The number of pyridine rings is 1. The highest BCUT2D eigenvalue weighted by molar-refractivity contribution is 5.99. The number of anilines is 1. The first-order chi connectivity index (χ1) is 9.22. The number of nitrogen functional groups attached to an aromatic ring is 1. The lowest BCUT2D eigenvalue weighted by Crippen LogP contribution is -2.40. The lowest BCUT2D eigenvalue weighted by molar-refractivity contribution is 0.0941. The first-order valence-electron chi connectivity index (χ1n) is 6.65. The van der Waals surface area contributed by atoms with Gasteiger partial charge in [-0.15, -0.1) is 0 Å². The van der Waals surface area contributed by atoms with Gasteiger partial charge in [0.25, 0.3) is 5.91 Å². The topological polar surface area (TPSA) is 83.3 Å². The van der Waals surface area contributed by atoms with E-state index in [1.54, 1.807) is 12.3 Å². The van der Waals surface area contributed by atoms with E-state index in [0.29, 0.717) is 23.8 Å². The molecule has 0 aliphatic carbocycles. The fourth-order valence-corrected chi connectivity index (χ4v) is 2.35. The molecule has 1 amide bonds. The predicted molar refractivity (Wildman–Crippen MR) is 74.6 cm³/mol. The number of nitrogens with one attached hydrogen (secondary N) is 2. The number of hydrogen-bond acceptors (Lipinski definition) is 5. The van der Waals surface area contributed by atoms with Crippen LogP contribution in [0.3, 0.4) is 0 Å². The van der Waals surface area contributed by atoms with Crippen molar-refractivity contribution in [2.75, 3.05) is 25.1 Å². The Labute approximate surface area is 113 Å². The molecule has 0 spiro atoms. The van der Waals surface area contributed by atoms with Gasteiger partial charge in [0.2, 0.25) is 0 Å². The van der Waals surface area contributed by atoms with Crippen LogP contribution in [0.15, 0.2) is 18.5 Å². The fourth-order valence-electron chi connectivity index (χ4n) is 2.35. The molecule has 2 rings (SSSR count). The standard InChI is InChI=1S/C13H21N5O/c1-10(18-6-2-3-7-18)8-16-13(19)11-9-15-5-4-12(11)17-14/h4-5,9-10H,2-3,6-8,14H2,1H3,(H,15,17)(H,16,19). The van der Waals surface area contributed by atoms with E-state index < -0.39 is 0 Å². The number of aromatic nitrogens is 1. The van der Waals surface area contributed by atoms with Crippen molar-refractivity contribution in [3.63, 3.8) is 0 Å². The summed E-state index contributed by atoms with van der Waals surface area (Å²) in [6, 6.07) is 2.04. The number of hydrazine groups is 1. The van der Waals surface area contributed by atoms with E-state index in [-0.39, 0.29) is 5.91 Å². The molecule has 1 atom stereocenters. The maximum atomic E-state index is 12.1. The molecule has 4 N–H and O–H groups in total. The van der Waals surface area contributed by atoms with Crippen LogP contribution in [0.25, 0.3) is 0 Å². The molecule has 0 aromatic carbocycles. The van der Waals surface area contributed by atoms with Gasteiger partial charge in [-0.05, 0) is 38.9 Å². The first-order valence-corrected chi connectivity index (χ1v) is 6.65. The van der Waals surface area contributed by atoms with Gasteiger partial charge in [-0.1, -0.05) is 0 Å². The van der Waals surface area contributed by atoms with E-state index in [1.165, 1.54) is 19.0 Å². The summed E-state index contributed by atoms with van der Waals surface area (Å²) >= 11 is 0. The largest absolute Gasteiger partial charge is 0.350 e. The van der Waals surface area contributed by atoms with Crippen LogP contribution in [0.4, 0.5) is 5.69 Å². The Kier molecular flexibility index (Phi) is 4.70. The summed E-state index contributed by atoms with van der Waals surface area (Å²) in [4.78, 5) is 18.4. The van der Waals surface area contributed by atoms with Crippen LogP contribution in [0.5, 0.6) is 0 Å². The molecule has 1 aromatic rings. The van der Waals surface area contributed by atoms with Crippen molar-refractivity contribution in [3.8, 4) is 0 Å². The molecule has 1 fully saturated rings. The second kappa shape index (κ2) is 6.49. The van der Waals surface area contributed by atoms with Crippen molar-refractivity contribution in [1.29, 1.82) is 0 Å².